The molecule has 1 unspecified atom stereocenters. The number of nitrogens with zero attached hydrogens (tertiary/aromatic N) is 1. The Labute approximate surface area is 76.3 Å². The van der Waals surface area contributed by atoms with Gasteiger partial charge in [0.05, 0.1) is 0 Å². The SMILES string of the molecule is CC1CCCCCCCNN1C. The summed E-state index contributed by atoms with van der Waals surface area (Å²) in [6.45, 7) is 3.45. The summed E-state index contributed by atoms with van der Waals surface area (Å²) in [5.74, 6) is 0. The van der Waals surface area contributed by atoms with Gasteiger partial charge in [0.1, 0.15) is 0 Å². The molecule has 0 saturated carbocycles. The summed E-state index contributed by atoms with van der Waals surface area (Å²) < 4.78 is 0. The molecule has 1 fully saturated rings. The van der Waals surface area contributed by atoms with Crippen molar-refractivity contribution in [1.82, 2.24) is 10.4 Å². The van der Waals surface area contributed by atoms with Crippen LogP contribution in [0.15, 0.2) is 0 Å². The highest BCUT2D eigenvalue weighted by Gasteiger charge is 2.08. The van der Waals surface area contributed by atoms with Crippen LogP contribution in [0.25, 0.3) is 0 Å². The molecule has 1 heterocycles. The van der Waals surface area contributed by atoms with Gasteiger partial charge in [-0.2, -0.15) is 0 Å². The third-order valence-electron chi connectivity index (χ3n) is 2.82. The van der Waals surface area contributed by atoms with Gasteiger partial charge in [0.15, 0.2) is 0 Å². The Morgan fingerprint density at radius 3 is 2.58 bits per heavy atom. The summed E-state index contributed by atoms with van der Waals surface area (Å²) in [6.07, 6.45) is 8.32. The molecule has 2 heteroatoms. The maximum absolute atomic E-state index is 3.44. The Kier molecular flexibility index (Phi) is 4.62. The van der Waals surface area contributed by atoms with Crippen molar-refractivity contribution < 1.29 is 0 Å². The summed E-state index contributed by atoms with van der Waals surface area (Å²) in [5, 5.41) is 2.27. The van der Waals surface area contributed by atoms with E-state index in [0.717, 1.165) is 6.54 Å². The zero-order chi connectivity index (χ0) is 8.81. The molecule has 0 radical (unpaired) electrons. The van der Waals surface area contributed by atoms with Crippen molar-refractivity contribution >= 4 is 0 Å². The molecule has 0 aromatic rings. The quantitative estimate of drug-likeness (QED) is 0.599. The van der Waals surface area contributed by atoms with Crippen molar-refractivity contribution in [2.24, 2.45) is 0 Å². The molecule has 0 spiro atoms. The van der Waals surface area contributed by atoms with Gasteiger partial charge in [0.25, 0.3) is 0 Å². The van der Waals surface area contributed by atoms with Gasteiger partial charge in [-0.15, -0.1) is 0 Å². The van der Waals surface area contributed by atoms with Crippen molar-refractivity contribution in [2.45, 2.75) is 51.5 Å². The monoisotopic (exact) mass is 170 g/mol. The molecule has 0 amide bonds. The van der Waals surface area contributed by atoms with Gasteiger partial charge in [-0.1, -0.05) is 25.7 Å². The Morgan fingerprint density at radius 1 is 1.08 bits per heavy atom. The molecule has 2 nitrogen and oxygen atoms in total. The minimum absolute atomic E-state index is 0.697. The second-order valence-electron chi connectivity index (χ2n) is 3.92. The maximum atomic E-state index is 3.44. The molecular formula is C10H22N2. The predicted molar refractivity (Wildman–Crippen MR) is 52.9 cm³/mol. The fourth-order valence-electron chi connectivity index (χ4n) is 1.70. The molecule has 1 saturated heterocycles. The van der Waals surface area contributed by atoms with Crippen LogP contribution in [0, 0.1) is 0 Å². The lowest BCUT2D eigenvalue weighted by Gasteiger charge is -2.26. The van der Waals surface area contributed by atoms with E-state index in [1.165, 1.54) is 38.5 Å². The van der Waals surface area contributed by atoms with Crippen LogP contribution in [-0.4, -0.2) is 24.6 Å². The highest BCUT2D eigenvalue weighted by atomic mass is 15.5. The van der Waals surface area contributed by atoms with E-state index in [2.05, 4.69) is 24.4 Å². The first kappa shape index (κ1) is 10.0. The van der Waals surface area contributed by atoms with E-state index in [-0.39, 0.29) is 0 Å². The first-order chi connectivity index (χ1) is 5.80. The molecule has 1 N–H and O–H groups in total. The Balaban J connectivity index is 2.26. The fourth-order valence-corrected chi connectivity index (χ4v) is 1.70. The lowest BCUT2D eigenvalue weighted by atomic mass is 10.1. The molecule has 1 aliphatic heterocycles. The van der Waals surface area contributed by atoms with Crippen molar-refractivity contribution in [2.75, 3.05) is 13.6 Å². The number of hydrogen-bond donors (Lipinski definition) is 1. The van der Waals surface area contributed by atoms with E-state index < -0.39 is 0 Å². The smallest absolute Gasteiger partial charge is 0.0212 e. The molecule has 72 valence electrons. The minimum Gasteiger partial charge on any atom is -0.255 e. The molecule has 1 aliphatic rings. The fraction of sp³-hybridized carbons (Fsp3) is 1.00. The first-order valence-electron chi connectivity index (χ1n) is 5.27. The molecular weight excluding hydrogens is 148 g/mol. The standard InChI is InChI=1S/C10H22N2/c1-10-8-6-4-3-5-7-9-11-12(10)2/h10-11H,3-9H2,1-2H3. The second kappa shape index (κ2) is 5.55. The highest BCUT2D eigenvalue weighted by molar-refractivity contribution is 4.62. The van der Waals surface area contributed by atoms with Gasteiger partial charge in [-0.25, -0.2) is 5.01 Å². The van der Waals surface area contributed by atoms with Crippen molar-refractivity contribution in [1.29, 1.82) is 0 Å². The summed E-state index contributed by atoms with van der Waals surface area (Å²) in [7, 11) is 2.16. The second-order valence-corrected chi connectivity index (χ2v) is 3.92. The van der Waals surface area contributed by atoms with Crippen molar-refractivity contribution in [3.05, 3.63) is 0 Å². The van der Waals surface area contributed by atoms with E-state index in [4.69, 9.17) is 0 Å². The third kappa shape index (κ3) is 3.55. The molecule has 0 aromatic carbocycles. The average molecular weight is 170 g/mol. The molecule has 0 bridgehead atoms. The van der Waals surface area contributed by atoms with Gasteiger partial charge in [0, 0.05) is 19.6 Å². The molecule has 1 atom stereocenters. The van der Waals surface area contributed by atoms with Crippen LogP contribution >= 0.6 is 0 Å². The lowest BCUT2D eigenvalue weighted by molar-refractivity contribution is 0.159. The number of nitrogens with one attached hydrogen (secondary N) is 1. The first-order valence-corrected chi connectivity index (χ1v) is 5.27. The van der Waals surface area contributed by atoms with Gasteiger partial charge in [-0.05, 0) is 19.8 Å². The van der Waals surface area contributed by atoms with Crippen molar-refractivity contribution in [3.63, 3.8) is 0 Å². The van der Waals surface area contributed by atoms with Crippen LogP contribution in [0.3, 0.4) is 0 Å². The summed E-state index contributed by atoms with van der Waals surface area (Å²) in [6, 6.07) is 0.697. The van der Waals surface area contributed by atoms with Gasteiger partial charge >= 0.3 is 0 Å². The predicted octanol–water partition coefficient (Wildman–Crippen LogP) is 2.17. The van der Waals surface area contributed by atoms with E-state index in [1.54, 1.807) is 0 Å². The van der Waals surface area contributed by atoms with Crippen LogP contribution in [0.4, 0.5) is 0 Å². The zero-order valence-electron chi connectivity index (χ0n) is 8.47. The Bertz CT molecular complexity index is 100. The largest absolute Gasteiger partial charge is 0.255 e. The van der Waals surface area contributed by atoms with Gasteiger partial charge in [0.2, 0.25) is 0 Å². The van der Waals surface area contributed by atoms with Crippen LogP contribution in [0.2, 0.25) is 0 Å². The molecule has 12 heavy (non-hydrogen) atoms. The normalized spacial score (nSPS) is 30.0. The van der Waals surface area contributed by atoms with Gasteiger partial charge in [-0.3, -0.25) is 5.43 Å². The average Bonchev–Trinajstić information content (AvgIpc) is 2.08. The third-order valence-corrected chi connectivity index (χ3v) is 2.82. The molecule has 1 rings (SSSR count). The number of rotatable bonds is 0. The van der Waals surface area contributed by atoms with E-state index in [1.807, 2.05) is 0 Å². The van der Waals surface area contributed by atoms with Gasteiger partial charge < -0.3 is 0 Å². The van der Waals surface area contributed by atoms with Crippen LogP contribution < -0.4 is 5.43 Å². The van der Waals surface area contributed by atoms with E-state index >= 15 is 0 Å². The molecule has 0 aromatic heterocycles. The Hall–Kier alpha value is -0.0800. The topological polar surface area (TPSA) is 15.3 Å². The van der Waals surface area contributed by atoms with Crippen LogP contribution in [0.5, 0.6) is 0 Å². The van der Waals surface area contributed by atoms with Crippen LogP contribution in [0.1, 0.15) is 45.4 Å². The Morgan fingerprint density at radius 2 is 1.75 bits per heavy atom. The summed E-state index contributed by atoms with van der Waals surface area (Å²) in [4.78, 5) is 0. The number of hydrogen-bond acceptors (Lipinski definition) is 2. The van der Waals surface area contributed by atoms with E-state index in [9.17, 15) is 0 Å². The van der Waals surface area contributed by atoms with E-state index in [0.29, 0.717) is 6.04 Å². The van der Waals surface area contributed by atoms with Crippen molar-refractivity contribution in [3.8, 4) is 0 Å². The molecule has 0 aliphatic carbocycles. The zero-order valence-corrected chi connectivity index (χ0v) is 8.47. The summed E-state index contributed by atoms with van der Waals surface area (Å²) in [5.41, 5.74) is 3.44. The summed E-state index contributed by atoms with van der Waals surface area (Å²) >= 11 is 0. The highest BCUT2D eigenvalue weighted by Crippen LogP contribution is 2.10. The maximum Gasteiger partial charge on any atom is 0.0212 e. The lowest BCUT2D eigenvalue weighted by Crippen LogP contribution is -2.41. The number of hydrazine groups is 1. The van der Waals surface area contributed by atoms with Crippen LogP contribution in [-0.2, 0) is 0 Å². The minimum atomic E-state index is 0.697.